The third kappa shape index (κ3) is 2.01. The standard InChI is InChI=1S/C9H17NO4S/c1-4-7-6(3)15(13,14)8(9(11)12)5(2)10-7/h5-8,10H,4H2,1-3H3,(H,11,12). The number of rotatable bonds is 2. The zero-order valence-electron chi connectivity index (χ0n) is 9.10. The Labute approximate surface area is 89.8 Å². The van der Waals surface area contributed by atoms with Crippen LogP contribution in [0, 0.1) is 0 Å². The quantitative estimate of drug-likeness (QED) is 0.704. The van der Waals surface area contributed by atoms with Crippen LogP contribution in [0.15, 0.2) is 0 Å². The van der Waals surface area contributed by atoms with Gasteiger partial charge in [0.1, 0.15) is 0 Å². The van der Waals surface area contributed by atoms with Gasteiger partial charge in [0.05, 0.1) is 5.25 Å². The molecular weight excluding hydrogens is 218 g/mol. The average Bonchev–Trinajstić information content (AvgIpc) is 2.10. The zero-order chi connectivity index (χ0) is 11.8. The molecule has 0 aromatic heterocycles. The van der Waals surface area contributed by atoms with Crippen molar-refractivity contribution >= 4 is 15.8 Å². The Morgan fingerprint density at radius 1 is 1.40 bits per heavy atom. The van der Waals surface area contributed by atoms with Crippen LogP contribution in [0.5, 0.6) is 0 Å². The SMILES string of the molecule is CCC1NC(C)C(C(=O)O)S(=O)(=O)C1C. The lowest BCUT2D eigenvalue weighted by Crippen LogP contribution is -2.62. The topological polar surface area (TPSA) is 83.5 Å². The lowest BCUT2D eigenvalue weighted by Gasteiger charge is -2.37. The minimum absolute atomic E-state index is 0.152. The largest absolute Gasteiger partial charge is 0.480 e. The maximum absolute atomic E-state index is 11.9. The van der Waals surface area contributed by atoms with Crippen LogP contribution in [0.4, 0.5) is 0 Å². The first kappa shape index (κ1) is 12.4. The Bertz CT molecular complexity index is 351. The summed E-state index contributed by atoms with van der Waals surface area (Å²) in [6.45, 7) is 5.06. The molecule has 4 unspecified atom stereocenters. The fourth-order valence-electron chi connectivity index (χ4n) is 2.11. The molecule has 0 aromatic rings. The van der Waals surface area contributed by atoms with Crippen LogP contribution in [0.3, 0.4) is 0 Å². The molecule has 1 aliphatic rings. The van der Waals surface area contributed by atoms with E-state index in [0.717, 1.165) is 0 Å². The first-order chi connectivity index (χ1) is 6.82. The lowest BCUT2D eigenvalue weighted by atomic mass is 10.1. The number of carbonyl (C=O) groups is 1. The van der Waals surface area contributed by atoms with Gasteiger partial charge in [-0.2, -0.15) is 0 Å². The zero-order valence-corrected chi connectivity index (χ0v) is 9.91. The predicted octanol–water partition coefficient (Wildman–Crippen LogP) is 0.0132. The van der Waals surface area contributed by atoms with Crippen molar-refractivity contribution in [1.82, 2.24) is 5.32 Å². The van der Waals surface area contributed by atoms with Gasteiger partial charge in [-0.25, -0.2) is 8.42 Å². The van der Waals surface area contributed by atoms with Gasteiger partial charge in [0.15, 0.2) is 15.1 Å². The summed E-state index contributed by atoms with van der Waals surface area (Å²) in [6, 6.07) is -0.686. The van der Waals surface area contributed by atoms with E-state index in [1.54, 1.807) is 13.8 Å². The van der Waals surface area contributed by atoms with Crippen molar-refractivity contribution in [2.24, 2.45) is 0 Å². The van der Waals surface area contributed by atoms with Gasteiger partial charge < -0.3 is 10.4 Å². The normalized spacial score (nSPS) is 39.9. The molecule has 15 heavy (non-hydrogen) atoms. The van der Waals surface area contributed by atoms with Gasteiger partial charge in [0.2, 0.25) is 0 Å². The molecule has 0 amide bonds. The summed E-state index contributed by atoms with van der Waals surface area (Å²) in [5, 5.41) is 9.98. The van der Waals surface area contributed by atoms with Gasteiger partial charge in [-0.15, -0.1) is 0 Å². The number of hydrogen-bond acceptors (Lipinski definition) is 4. The van der Waals surface area contributed by atoms with Gasteiger partial charge in [0, 0.05) is 12.1 Å². The highest BCUT2D eigenvalue weighted by molar-refractivity contribution is 7.93. The Balaban J connectivity index is 3.10. The number of carboxylic acids is 1. The molecule has 1 heterocycles. The molecule has 1 rings (SSSR count). The number of aliphatic carboxylic acids is 1. The van der Waals surface area contributed by atoms with Crippen LogP contribution in [0.1, 0.15) is 27.2 Å². The van der Waals surface area contributed by atoms with Crippen LogP contribution in [0.2, 0.25) is 0 Å². The molecule has 5 nitrogen and oxygen atoms in total. The van der Waals surface area contributed by atoms with Crippen LogP contribution < -0.4 is 5.32 Å². The minimum atomic E-state index is -3.57. The highest BCUT2D eigenvalue weighted by atomic mass is 32.2. The van der Waals surface area contributed by atoms with Gasteiger partial charge in [-0.05, 0) is 20.3 Å². The lowest BCUT2D eigenvalue weighted by molar-refractivity contribution is -0.137. The van der Waals surface area contributed by atoms with Gasteiger partial charge >= 0.3 is 5.97 Å². The molecular formula is C9H17NO4S. The Kier molecular flexibility index (Phi) is 3.40. The third-order valence-electron chi connectivity index (χ3n) is 3.05. The Morgan fingerprint density at radius 2 is 1.93 bits per heavy atom. The van der Waals surface area contributed by atoms with Crippen molar-refractivity contribution in [3.05, 3.63) is 0 Å². The van der Waals surface area contributed by atoms with Crippen LogP contribution in [-0.4, -0.2) is 42.1 Å². The summed E-state index contributed by atoms with van der Waals surface area (Å²) in [7, 11) is -3.57. The van der Waals surface area contributed by atoms with Gasteiger partial charge in [-0.3, -0.25) is 4.79 Å². The third-order valence-corrected chi connectivity index (χ3v) is 5.74. The molecule has 6 heteroatoms. The molecule has 0 bridgehead atoms. The monoisotopic (exact) mass is 235 g/mol. The molecule has 0 aliphatic carbocycles. The first-order valence-electron chi connectivity index (χ1n) is 5.04. The molecule has 0 radical (unpaired) electrons. The Morgan fingerprint density at radius 3 is 2.33 bits per heavy atom. The molecule has 1 fully saturated rings. The molecule has 88 valence electrons. The Hall–Kier alpha value is -0.620. The van der Waals surface area contributed by atoms with E-state index in [4.69, 9.17) is 5.11 Å². The van der Waals surface area contributed by atoms with Gasteiger partial charge in [0.25, 0.3) is 0 Å². The van der Waals surface area contributed by atoms with Gasteiger partial charge in [-0.1, -0.05) is 6.92 Å². The van der Waals surface area contributed by atoms with E-state index in [2.05, 4.69) is 5.32 Å². The summed E-state index contributed by atoms with van der Waals surface area (Å²) in [5.41, 5.74) is 0. The summed E-state index contributed by atoms with van der Waals surface area (Å²) >= 11 is 0. The van der Waals surface area contributed by atoms with E-state index >= 15 is 0 Å². The second-order valence-corrected chi connectivity index (χ2v) is 6.45. The molecule has 0 spiro atoms. The molecule has 1 saturated heterocycles. The highest BCUT2D eigenvalue weighted by Gasteiger charge is 2.47. The molecule has 4 atom stereocenters. The first-order valence-corrected chi connectivity index (χ1v) is 6.64. The number of sulfone groups is 1. The van der Waals surface area contributed by atoms with E-state index in [0.29, 0.717) is 6.42 Å². The van der Waals surface area contributed by atoms with Crippen LogP contribution in [0.25, 0.3) is 0 Å². The number of carboxylic acid groups (broad SMARTS) is 1. The van der Waals surface area contributed by atoms with E-state index < -0.39 is 32.3 Å². The number of hydrogen-bond donors (Lipinski definition) is 2. The van der Waals surface area contributed by atoms with Crippen molar-refractivity contribution in [2.45, 2.75) is 49.8 Å². The van der Waals surface area contributed by atoms with Crippen molar-refractivity contribution in [3.63, 3.8) is 0 Å². The summed E-state index contributed by atoms with van der Waals surface area (Å²) in [6.07, 6.45) is 0.678. The molecule has 1 aliphatic heterocycles. The van der Waals surface area contributed by atoms with E-state index in [1.165, 1.54) is 0 Å². The highest BCUT2D eigenvalue weighted by Crippen LogP contribution is 2.23. The van der Waals surface area contributed by atoms with Crippen LogP contribution >= 0.6 is 0 Å². The van der Waals surface area contributed by atoms with Crippen molar-refractivity contribution in [2.75, 3.05) is 0 Å². The molecule has 0 aromatic carbocycles. The smallest absolute Gasteiger partial charge is 0.323 e. The maximum Gasteiger partial charge on any atom is 0.323 e. The number of nitrogens with one attached hydrogen (secondary N) is 1. The molecule has 2 N–H and O–H groups in total. The fourth-order valence-corrected chi connectivity index (χ4v) is 4.23. The van der Waals surface area contributed by atoms with Crippen molar-refractivity contribution in [1.29, 1.82) is 0 Å². The van der Waals surface area contributed by atoms with Crippen molar-refractivity contribution < 1.29 is 18.3 Å². The van der Waals surface area contributed by atoms with Crippen LogP contribution in [-0.2, 0) is 14.6 Å². The second kappa shape index (κ2) is 4.09. The maximum atomic E-state index is 11.9. The second-order valence-electron chi connectivity index (χ2n) is 4.02. The van der Waals surface area contributed by atoms with E-state index in [9.17, 15) is 13.2 Å². The summed E-state index contributed by atoms with van der Waals surface area (Å²) in [5.74, 6) is -1.27. The minimum Gasteiger partial charge on any atom is -0.480 e. The van der Waals surface area contributed by atoms with Crippen molar-refractivity contribution in [3.8, 4) is 0 Å². The van der Waals surface area contributed by atoms with E-state index in [1.807, 2.05) is 6.92 Å². The average molecular weight is 235 g/mol. The fraction of sp³-hybridized carbons (Fsp3) is 0.889. The van der Waals surface area contributed by atoms with E-state index in [-0.39, 0.29) is 6.04 Å². The molecule has 0 saturated carbocycles. The summed E-state index contributed by atoms with van der Waals surface area (Å²) < 4.78 is 23.8. The predicted molar refractivity (Wildman–Crippen MR) is 56.5 cm³/mol. The summed E-state index contributed by atoms with van der Waals surface area (Å²) in [4.78, 5) is 10.9.